The van der Waals surface area contributed by atoms with E-state index in [0.717, 1.165) is 56.2 Å². The third-order valence-electron chi connectivity index (χ3n) is 3.92. The Morgan fingerprint density at radius 2 is 1.53 bits per heavy atom. The van der Waals surface area contributed by atoms with E-state index in [1.165, 1.54) is 6.42 Å². The summed E-state index contributed by atoms with van der Waals surface area (Å²) in [6.07, 6.45) is 7.51. The number of nitrogens with zero attached hydrogens (tertiary/aromatic N) is 4. The zero-order chi connectivity index (χ0) is 21.9. The predicted octanol–water partition coefficient (Wildman–Crippen LogP) is 0.816. The van der Waals surface area contributed by atoms with Crippen molar-refractivity contribution < 1.29 is 0 Å². The number of hydrogen-bond acceptors (Lipinski definition) is 5. The summed E-state index contributed by atoms with van der Waals surface area (Å²) in [4.78, 5) is 18.7. The van der Waals surface area contributed by atoms with Crippen LogP contribution in [-0.2, 0) is 6.42 Å². The molecule has 0 spiro atoms. The average Bonchev–Trinajstić information content (AvgIpc) is 3.55. The standard InChI is InChI=1S/C7H9N.C5H11N3.C4H9N3.C4H7N3/c1-2-7-5-3-4-6-8-7;1-6-5-7-3-2-4-8-5;2*1-5-4-6-2-3-7-4/h3-6H,2H2,1H3;2-4H2,1H3,(H2,6,7,8);2-3H2,1H3,(H2,5,6,7);2-3H,1H3,(H2,5,6,7). The minimum atomic E-state index is 0.806. The van der Waals surface area contributed by atoms with Crippen LogP contribution in [0.15, 0.2) is 46.8 Å². The molecule has 2 saturated heterocycles. The minimum Gasteiger partial charge on any atom is -0.359 e. The van der Waals surface area contributed by atoms with Crippen LogP contribution in [0.3, 0.4) is 0 Å². The van der Waals surface area contributed by atoms with E-state index in [1.54, 1.807) is 26.5 Å². The summed E-state index contributed by atoms with van der Waals surface area (Å²) >= 11 is 0. The zero-order valence-electron chi connectivity index (χ0n) is 18.5. The fraction of sp³-hybridized carbons (Fsp3) is 0.500. The van der Waals surface area contributed by atoms with Crippen molar-refractivity contribution in [2.45, 2.75) is 19.8 Å². The summed E-state index contributed by atoms with van der Waals surface area (Å²) in [5.41, 5.74) is 1.16. The molecular weight excluding hydrogens is 380 g/mol. The lowest BCUT2D eigenvalue weighted by Crippen LogP contribution is -2.43. The maximum Gasteiger partial charge on any atom is 0.199 e. The number of imidazole rings is 1. The topological polar surface area (TPSA) is 126 Å². The largest absolute Gasteiger partial charge is 0.359 e. The Hall–Kier alpha value is -3.30. The SMILES string of the molecule is CCc1ccccn1.CN=C1NCCCN1.CN=C1NCCN1.CNc1ncc[nH]1. The molecule has 2 aliphatic heterocycles. The average molecular weight is 417 g/mol. The van der Waals surface area contributed by atoms with Crippen LogP contribution in [-0.4, -0.2) is 74.2 Å². The Morgan fingerprint density at radius 3 is 1.87 bits per heavy atom. The van der Waals surface area contributed by atoms with Gasteiger partial charge >= 0.3 is 0 Å². The fourth-order valence-corrected chi connectivity index (χ4v) is 2.31. The number of rotatable bonds is 2. The molecule has 4 rings (SSSR count). The number of guanidine groups is 2. The summed E-state index contributed by atoms with van der Waals surface area (Å²) in [6.45, 7) is 6.22. The molecule has 166 valence electrons. The van der Waals surface area contributed by atoms with E-state index in [-0.39, 0.29) is 0 Å². The van der Waals surface area contributed by atoms with Crippen LogP contribution < -0.4 is 26.6 Å². The van der Waals surface area contributed by atoms with Crippen molar-refractivity contribution in [2.24, 2.45) is 9.98 Å². The number of pyridine rings is 1. The van der Waals surface area contributed by atoms with Crippen molar-refractivity contribution in [3.8, 4) is 0 Å². The zero-order valence-corrected chi connectivity index (χ0v) is 18.5. The van der Waals surface area contributed by atoms with E-state index in [0.29, 0.717) is 0 Å². The van der Waals surface area contributed by atoms with Crippen LogP contribution in [0.4, 0.5) is 5.95 Å². The second kappa shape index (κ2) is 16.6. The summed E-state index contributed by atoms with van der Waals surface area (Å²) in [7, 11) is 5.36. The highest BCUT2D eigenvalue weighted by Crippen LogP contribution is 1.91. The highest BCUT2D eigenvalue weighted by molar-refractivity contribution is 5.81. The number of aromatic amines is 1. The molecular formula is C20H36N10. The molecule has 2 fully saturated rings. The van der Waals surface area contributed by atoms with Gasteiger partial charge in [-0.3, -0.25) is 15.0 Å². The van der Waals surface area contributed by atoms with Gasteiger partial charge in [0.2, 0.25) is 0 Å². The van der Waals surface area contributed by atoms with Crippen molar-refractivity contribution in [2.75, 3.05) is 52.6 Å². The van der Waals surface area contributed by atoms with Gasteiger partial charge in [0.15, 0.2) is 17.9 Å². The van der Waals surface area contributed by atoms with Gasteiger partial charge in [-0.2, -0.15) is 0 Å². The van der Waals surface area contributed by atoms with E-state index in [4.69, 9.17) is 0 Å². The number of aryl methyl sites for hydroxylation is 1. The molecule has 2 aliphatic rings. The molecule has 0 unspecified atom stereocenters. The second-order valence-corrected chi connectivity index (χ2v) is 6.07. The summed E-state index contributed by atoms with van der Waals surface area (Å²) in [5.74, 6) is 2.65. The molecule has 2 aromatic heterocycles. The summed E-state index contributed by atoms with van der Waals surface area (Å²) < 4.78 is 0. The monoisotopic (exact) mass is 416 g/mol. The summed E-state index contributed by atoms with van der Waals surface area (Å²) in [6, 6.07) is 5.96. The highest BCUT2D eigenvalue weighted by atomic mass is 15.2. The maximum absolute atomic E-state index is 4.10. The molecule has 30 heavy (non-hydrogen) atoms. The van der Waals surface area contributed by atoms with Crippen molar-refractivity contribution in [1.29, 1.82) is 0 Å². The van der Waals surface area contributed by atoms with E-state index in [9.17, 15) is 0 Å². The second-order valence-electron chi connectivity index (χ2n) is 6.07. The number of nitrogens with one attached hydrogen (secondary N) is 6. The third kappa shape index (κ3) is 11.5. The lowest BCUT2D eigenvalue weighted by molar-refractivity contribution is 0.667. The predicted molar refractivity (Wildman–Crippen MR) is 125 cm³/mol. The Kier molecular flexibility index (Phi) is 13.7. The van der Waals surface area contributed by atoms with Crippen LogP contribution >= 0.6 is 0 Å². The Bertz CT molecular complexity index is 682. The van der Waals surface area contributed by atoms with Gasteiger partial charge < -0.3 is 31.6 Å². The minimum absolute atomic E-state index is 0.806. The molecule has 0 bridgehead atoms. The number of aliphatic imine (C=N–C) groups is 2. The molecule has 6 N–H and O–H groups in total. The van der Waals surface area contributed by atoms with Gasteiger partial charge in [0, 0.05) is 71.6 Å². The molecule has 0 saturated carbocycles. The molecule has 4 heterocycles. The van der Waals surface area contributed by atoms with Gasteiger partial charge in [0.25, 0.3) is 0 Å². The van der Waals surface area contributed by atoms with Gasteiger partial charge in [0.1, 0.15) is 0 Å². The van der Waals surface area contributed by atoms with Gasteiger partial charge in [-0.25, -0.2) is 4.98 Å². The molecule has 0 amide bonds. The fourth-order valence-electron chi connectivity index (χ4n) is 2.31. The molecule has 0 aliphatic carbocycles. The number of hydrogen-bond donors (Lipinski definition) is 6. The number of H-pyrrole nitrogens is 1. The van der Waals surface area contributed by atoms with E-state index in [2.05, 4.69) is 58.4 Å². The summed E-state index contributed by atoms with van der Waals surface area (Å²) in [5, 5.41) is 15.1. The van der Waals surface area contributed by atoms with E-state index in [1.807, 2.05) is 31.4 Å². The molecule has 0 radical (unpaired) electrons. The van der Waals surface area contributed by atoms with Crippen LogP contribution in [0.25, 0.3) is 0 Å². The van der Waals surface area contributed by atoms with Crippen molar-refractivity contribution in [3.63, 3.8) is 0 Å². The molecule has 0 atom stereocenters. The molecule has 2 aromatic rings. The van der Waals surface area contributed by atoms with Crippen LogP contribution in [0.1, 0.15) is 19.0 Å². The Morgan fingerprint density at radius 1 is 0.900 bits per heavy atom. The first-order valence-electron chi connectivity index (χ1n) is 10.2. The molecule has 10 heteroatoms. The first-order chi connectivity index (χ1) is 14.7. The van der Waals surface area contributed by atoms with Crippen molar-refractivity contribution >= 4 is 17.9 Å². The van der Waals surface area contributed by atoms with E-state index >= 15 is 0 Å². The first-order valence-corrected chi connectivity index (χ1v) is 10.2. The number of anilines is 1. The third-order valence-corrected chi connectivity index (χ3v) is 3.92. The van der Waals surface area contributed by atoms with Gasteiger partial charge in [-0.1, -0.05) is 13.0 Å². The lowest BCUT2D eigenvalue weighted by Gasteiger charge is -2.16. The quantitative estimate of drug-likeness (QED) is 0.428. The maximum atomic E-state index is 4.10. The highest BCUT2D eigenvalue weighted by Gasteiger charge is 2.01. The molecule has 10 nitrogen and oxygen atoms in total. The van der Waals surface area contributed by atoms with Crippen molar-refractivity contribution in [3.05, 3.63) is 42.5 Å². The first kappa shape index (κ1) is 24.7. The Balaban J connectivity index is 0.000000200. The van der Waals surface area contributed by atoms with E-state index < -0.39 is 0 Å². The smallest absolute Gasteiger partial charge is 0.199 e. The van der Waals surface area contributed by atoms with Crippen LogP contribution in [0.2, 0.25) is 0 Å². The van der Waals surface area contributed by atoms with Crippen LogP contribution in [0, 0.1) is 0 Å². The normalized spacial score (nSPS) is 13.7. The lowest BCUT2D eigenvalue weighted by atomic mass is 10.3. The van der Waals surface area contributed by atoms with Gasteiger partial charge in [0.05, 0.1) is 0 Å². The molecule has 0 aromatic carbocycles. The van der Waals surface area contributed by atoms with Gasteiger partial charge in [-0.05, 0) is 25.0 Å². The Labute approximate surface area is 179 Å². The number of aromatic nitrogens is 3. The van der Waals surface area contributed by atoms with Gasteiger partial charge in [-0.15, -0.1) is 0 Å². The van der Waals surface area contributed by atoms with Crippen LogP contribution in [0.5, 0.6) is 0 Å². The van der Waals surface area contributed by atoms with Crippen molar-refractivity contribution in [1.82, 2.24) is 36.2 Å².